The third-order valence-electron chi connectivity index (χ3n) is 6.26. The molecule has 9 nitrogen and oxygen atoms in total. The van der Waals surface area contributed by atoms with Gasteiger partial charge in [0.05, 0.1) is 17.3 Å². The van der Waals surface area contributed by atoms with Crippen LogP contribution in [0.25, 0.3) is 16.3 Å². The molecule has 35 heavy (non-hydrogen) atoms. The van der Waals surface area contributed by atoms with Crippen molar-refractivity contribution in [2.45, 2.75) is 33.7 Å². The molecule has 0 bridgehead atoms. The summed E-state index contributed by atoms with van der Waals surface area (Å²) in [6, 6.07) is 10.7. The van der Waals surface area contributed by atoms with Gasteiger partial charge in [-0.3, -0.25) is 14.4 Å². The monoisotopic (exact) mass is 483 g/mol. The number of aryl methyl sites for hydroxylation is 2. The molecule has 0 radical (unpaired) electrons. The zero-order valence-corrected chi connectivity index (χ0v) is 20.3. The van der Waals surface area contributed by atoms with Crippen molar-refractivity contribution in [1.29, 1.82) is 5.26 Å². The van der Waals surface area contributed by atoms with E-state index < -0.39 is 17.9 Å². The molecule has 0 saturated heterocycles. The van der Waals surface area contributed by atoms with Crippen molar-refractivity contribution in [2.75, 3.05) is 0 Å². The predicted molar refractivity (Wildman–Crippen MR) is 131 cm³/mol. The van der Waals surface area contributed by atoms with E-state index in [1.165, 1.54) is 0 Å². The number of benzene rings is 1. The largest absolute Gasteiger partial charge is 0.481 e. The number of hydrogen-bond acceptors (Lipinski definition) is 8. The van der Waals surface area contributed by atoms with E-state index >= 15 is 0 Å². The topological polar surface area (TPSA) is 130 Å². The quantitative estimate of drug-likeness (QED) is 0.460. The van der Waals surface area contributed by atoms with Crippen LogP contribution in [-0.2, 0) is 4.79 Å². The minimum Gasteiger partial charge on any atom is -0.481 e. The Morgan fingerprint density at radius 2 is 1.86 bits per heavy atom. The van der Waals surface area contributed by atoms with Crippen LogP contribution in [0.4, 0.5) is 0 Å². The summed E-state index contributed by atoms with van der Waals surface area (Å²) < 4.78 is 1.94. The Bertz CT molecular complexity index is 1540. The molecule has 0 saturated carbocycles. The maximum Gasteiger partial charge on any atom is 0.308 e. The number of carboxylic acids is 1. The Hall–Kier alpha value is -4.23. The summed E-state index contributed by atoms with van der Waals surface area (Å²) in [5.74, 6) is -0.425. The van der Waals surface area contributed by atoms with Gasteiger partial charge in [-0.15, -0.1) is 21.5 Å². The lowest BCUT2D eigenvalue weighted by atomic mass is 9.97. The zero-order valence-electron chi connectivity index (χ0n) is 19.5. The molecule has 5 rings (SSSR count). The molecule has 4 aromatic rings. The molecule has 1 aromatic carbocycles. The highest BCUT2D eigenvalue weighted by Crippen LogP contribution is 2.40. The fraction of sp³-hybridized carbons (Fsp3) is 0.240. The summed E-state index contributed by atoms with van der Waals surface area (Å²) in [7, 11) is 0. The molecule has 1 N–H and O–H groups in total. The third kappa shape index (κ3) is 3.70. The van der Waals surface area contributed by atoms with Crippen molar-refractivity contribution in [1.82, 2.24) is 24.7 Å². The molecule has 3 aromatic heterocycles. The van der Waals surface area contributed by atoms with E-state index in [0.29, 0.717) is 17.3 Å². The first kappa shape index (κ1) is 22.6. The van der Waals surface area contributed by atoms with Crippen molar-refractivity contribution in [3.8, 4) is 22.3 Å². The standard InChI is InChI=1S/C25H21N7O2S/c1-12-14(3)35-24-20(12)22(29-21(13(2)25(33)34)23-31-30-15(4)32(23)24)17-7-5-16(6-8-17)18-9-10-27-19(11-26)28-18/h5-10,13,21H,1-4H3,(H,33,34)/t13-,21?/m0/s1. The van der Waals surface area contributed by atoms with Gasteiger partial charge in [-0.05, 0) is 39.3 Å². The van der Waals surface area contributed by atoms with Crippen molar-refractivity contribution in [2.24, 2.45) is 10.9 Å². The second-order valence-corrected chi connectivity index (χ2v) is 9.61. The van der Waals surface area contributed by atoms with Crippen LogP contribution < -0.4 is 0 Å². The number of fused-ring (bicyclic) bond motifs is 3. The molecule has 1 aliphatic rings. The molecule has 0 fully saturated rings. The number of rotatable bonds is 4. The average Bonchev–Trinajstić information content (AvgIpc) is 3.33. The summed E-state index contributed by atoms with van der Waals surface area (Å²) in [5, 5.41) is 28.5. The molecule has 10 heteroatoms. The first-order valence-corrected chi connectivity index (χ1v) is 11.8. The lowest BCUT2D eigenvalue weighted by molar-refractivity contribution is -0.141. The molecule has 174 valence electrons. The smallest absolute Gasteiger partial charge is 0.308 e. The molecule has 4 heterocycles. The molecule has 0 amide bonds. The zero-order chi connectivity index (χ0) is 24.9. The molecule has 1 unspecified atom stereocenters. The van der Waals surface area contributed by atoms with Crippen LogP contribution >= 0.6 is 11.3 Å². The average molecular weight is 484 g/mol. The number of carboxylic acid groups (broad SMARTS) is 1. The number of thiophene rings is 1. The highest BCUT2D eigenvalue weighted by Gasteiger charge is 2.36. The molecule has 2 atom stereocenters. The van der Waals surface area contributed by atoms with E-state index in [2.05, 4.69) is 34.0 Å². The Morgan fingerprint density at radius 1 is 1.14 bits per heavy atom. The summed E-state index contributed by atoms with van der Waals surface area (Å²) in [5.41, 5.74) is 5.10. The number of aliphatic imine (C=N–C) groups is 1. The summed E-state index contributed by atoms with van der Waals surface area (Å²) >= 11 is 1.62. The Kier molecular flexibility index (Phi) is 5.49. The Balaban J connectivity index is 1.70. The fourth-order valence-electron chi connectivity index (χ4n) is 4.19. The minimum atomic E-state index is -0.948. The van der Waals surface area contributed by atoms with E-state index in [-0.39, 0.29) is 5.82 Å². The van der Waals surface area contributed by atoms with Gasteiger partial charge in [0.2, 0.25) is 5.82 Å². The Morgan fingerprint density at radius 3 is 2.54 bits per heavy atom. The van der Waals surface area contributed by atoms with E-state index in [1.807, 2.05) is 41.8 Å². The van der Waals surface area contributed by atoms with Crippen molar-refractivity contribution in [3.63, 3.8) is 0 Å². The number of nitrogens with zero attached hydrogens (tertiary/aromatic N) is 7. The molecule has 0 aliphatic carbocycles. The van der Waals surface area contributed by atoms with Gasteiger partial charge >= 0.3 is 5.97 Å². The van der Waals surface area contributed by atoms with Crippen LogP contribution in [-0.4, -0.2) is 41.5 Å². The van der Waals surface area contributed by atoms with Crippen LogP contribution in [0.15, 0.2) is 41.5 Å². The van der Waals surface area contributed by atoms with Gasteiger partial charge in [0, 0.05) is 27.8 Å². The second-order valence-electron chi connectivity index (χ2n) is 8.41. The van der Waals surface area contributed by atoms with E-state index in [4.69, 9.17) is 10.3 Å². The van der Waals surface area contributed by atoms with Crippen LogP contribution in [0, 0.1) is 38.0 Å². The minimum absolute atomic E-state index is 0.109. The fourth-order valence-corrected chi connectivity index (χ4v) is 5.40. The summed E-state index contributed by atoms with van der Waals surface area (Å²) in [6.45, 7) is 7.63. The van der Waals surface area contributed by atoms with Gasteiger partial charge in [-0.1, -0.05) is 24.3 Å². The number of aliphatic carboxylic acids is 1. The second kappa shape index (κ2) is 8.52. The normalized spacial score (nSPS) is 15.4. The molecular formula is C25H21N7O2S. The van der Waals surface area contributed by atoms with Gasteiger partial charge < -0.3 is 5.11 Å². The first-order valence-electron chi connectivity index (χ1n) is 11.0. The third-order valence-corrected chi connectivity index (χ3v) is 7.45. The lowest BCUT2D eigenvalue weighted by Gasteiger charge is -2.16. The highest BCUT2D eigenvalue weighted by molar-refractivity contribution is 7.15. The van der Waals surface area contributed by atoms with Crippen LogP contribution in [0.1, 0.15) is 52.0 Å². The van der Waals surface area contributed by atoms with Gasteiger partial charge in [0.1, 0.15) is 22.9 Å². The maximum absolute atomic E-state index is 12.0. The number of hydrogen-bond donors (Lipinski definition) is 1. The number of aromatic nitrogens is 5. The van der Waals surface area contributed by atoms with Crippen LogP contribution in [0.2, 0.25) is 0 Å². The van der Waals surface area contributed by atoms with Gasteiger partial charge in [-0.25, -0.2) is 9.97 Å². The van der Waals surface area contributed by atoms with E-state index in [9.17, 15) is 9.90 Å². The number of nitriles is 1. The Labute approximate surface area is 205 Å². The number of carbonyl (C=O) groups is 1. The van der Waals surface area contributed by atoms with Crippen molar-refractivity contribution >= 4 is 23.0 Å². The van der Waals surface area contributed by atoms with Gasteiger partial charge in [0.15, 0.2) is 5.82 Å². The SMILES string of the molecule is Cc1sc2c(c1C)C(c1ccc(-c3ccnc(C#N)n3)cc1)=NC([C@H](C)C(=O)O)c1nnc(C)n1-2. The lowest BCUT2D eigenvalue weighted by Crippen LogP contribution is -2.21. The summed E-state index contributed by atoms with van der Waals surface area (Å²) in [6.07, 6.45) is 1.56. The molecule has 0 spiro atoms. The van der Waals surface area contributed by atoms with E-state index in [0.717, 1.165) is 37.8 Å². The van der Waals surface area contributed by atoms with Gasteiger partial charge in [0.25, 0.3) is 0 Å². The highest BCUT2D eigenvalue weighted by atomic mass is 32.1. The molecule has 1 aliphatic heterocycles. The van der Waals surface area contributed by atoms with Crippen molar-refractivity contribution < 1.29 is 9.90 Å². The summed E-state index contributed by atoms with van der Waals surface area (Å²) in [4.78, 5) is 26.4. The predicted octanol–water partition coefficient (Wildman–Crippen LogP) is 4.20. The van der Waals surface area contributed by atoms with E-state index in [1.54, 1.807) is 30.5 Å². The van der Waals surface area contributed by atoms with Crippen molar-refractivity contribution in [3.05, 3.63) is 75.6 Å². The first-order chi connectivity index (χ1) is 16.8. The van der Waals surface area contributed by atoms with Crippen LogP contribution in [0.5, 0.6) is 0 Å². The van der Waals surface area contributed by atoms with Crippen LogP contribution in [0.3, 0.4) is 0 Å². The maximum atomic E-state index is 12.0. The van der Waals surface area contributed by atoms with Gasteiger partial charge in [-0.2, -0.15) is 5.26 Å². The molecular weight excluding hydrogens is 462 g/mol.